The fourth-order valence-electron chi connectivity index (χ4n) is 8.48. The van der Waals surface area contributed by atoms with Crippen molar-refractivity contribution in [1.29, 1.82) is 5.41 Å². The van der Waals surface area contributed by atoms with Gasteiger partial charge < -0.3 is 25.3 Å². The van der Waals surface area contributed by atoms with E-state index in [1.807, 2.05) is 0 Å². The molecule has 0 aromatic carbocycles. The van der Waals surface area contributed by atoms with Crippen LogP contribution in [0.4, 0.5) is 0 Å². The van der Waals surface area contributed by atoms with Crippen molar-refractivity contribution in [2.75, 3.05) is 6.54 Å². The number of carbonyl (C=O) groups is 2. The van der Waals surface area contributed by atoms with Gasteiger partial charge in [0, 0.05) is 13.0 Å². The van der Waals surface area contributed by atoms with Crippen molar-refractivity contribution in [3.63, 3.8) is 0 Å². The van der Waals surface area contributed by atoms with Gasteiger partial charge in [-0.1, -0.05) is 78.1 Å². The molecule has 254 valence electrons. The van der Waals surface area contributed by atoms with Crippen LogP contribution in [0.1, 0.15) is 125 Å². The molecule has 0 aromatic rings. The Morgan fingerprint density at radius 3 is 2.47 bits per heavy atom. The van der Waals surface area contributed by atoms with E-state index in [-0.39, 0.29) is 47.3 Å². The fraction of sp³-hybridized carbons (Fsp3) is 0.906. The van der Waals surface area contributed by atoms with Gasteiger partial charge in [0.2, 0.25) is 11.8 Å². The van der Waals surface area contributed by atoms with Gasteiger partial charge in [0.05, 0.1) is 17.6 Å². The Labute approximate surface area is 269 Å². The third kappa shape index (κ3) is 9.11. The topological polar surface area (TPSA) is 168 Å². The lowest BCUT2D eigenvalue weighted by molar-refractivity contribution is -0.525. The molecule has 4 aliphatic carbocycles. The van der Waals surface area contributed by atoms with Crippen molar-refractivity contribution in [3.05, 3.63) is 10.1 Å². The van der Waals surface area contributed by atoms with E-state index in [0.717, 1.165) is 38.0 Å². The van der Waals surface area contributed by atoms with Gasteiger partial charge in [0.25, 0.3) is 5.96 Å². The second-order valence-electron chi connectivity index (χ2n) is 15.3. The zero-order valence-electron chi connectivity index (χ0n) is 28.1. The minimum absolute atomic E-state index is 0.00381. The van der Waals surface area contributed by atoms with E-state index in [1.165, 1.54) is 32.1 Å². The Balaban J connectivity index is 1.35. The number of hydrogen-bond acceptors (Lipinski definition) is 7. The van der Waals surface area contributed by atoms with E-state index in [4.69, 9.17) is 14.7 Å². The second kappa shape index (κ2) is 15.5. The molecule has 0 spiro atoms. The number of nitro groups is 1. The highest BCUT2D eigenvalue weighted by Crippen LogP contribution is 2.65. The molecular weight excluding hydrogens is 575 g/mol. The number of rotatable bonds is 16. The number of carbonyl (C=O) groups excluding carboxylic acids is 2. The Morgan fingerprint density at radius 1 is 1.07 bits per heavy atom. The lowest BCUT2D eigenvalue weighted by Gasteiger charge is -2.64. The van der Waals surface area contributed by atoms with Gasteiger partial charge in [0.15, 0.2) is 5.03 Å². The van der Waals surface area contributed by atoms with Crippen LogP contribution in [0, 0.1) is 44.6 Å². The zero-order chi connectivity index (χ0) is 32.8. The average molecular weight is 633 g/mol. The summed E-state index contributed by atoms with van der Waals surface area (Å²) >= 11 is 0. The molecule has 1 heterocycles. The number of hydrazine groups is 1. The summed E-state index contributed by atoms with van der Waals surface area (Å²) in [4.78, 5) is 37.4. The van der Waals surface area contributed by atoms with Gasteiger partial charge in [-0.2, -0.15) is 0 Å². The molecule has 5 fully saturated rings. The van der Waals surface area contributed by atoms with Crippen LogP contribution in [0.3, 0.4) is 0 Å². The summed E-state index contributed by atoms with van der Waals surface area (Å²) in [5, 5.41) is 26.2. The van der Waals surface area contributed by atoms with Crippen LogP contribution in [0.15, 0.2) is 0 Å². The molecule has 12 nitrogen and oxygen atoms in total. The highest BCUT2D eigenvalue weighted by atomic mass is 16.7. The smallest absolute Gasteiger partial charge is 0.404 e. The van der Waals surface area contributed by atoms with Crippen LogP contribution in [-0.2, 0) is 18.9 Å². The molecule has 5 aliphatic rings. The quantitative estimate of drug-likeness (QED) is 0.0414. The number of hydrogen-bond donors (Lipinski definition) is 5. The van der Waals surface area contributed by atoms with E-state index in [0.29, 0.717) is 37.5 Å². The van der Waals surface area contributed by atoms with Crippen LogP contribution in [0.2, 0.25) is 0 Å². The summed E-state index contributed by atoms with van der Waals surface area (Å²) in [6.07, 6.45) is 13.4. The van der Waals surface area contributed by atoms with E-state index in [9.17, 15) is 19.7 Å². The predicted octanol–water partition coefficient (Wildman–Crippen LogP) is 4.50. The number of guanidine groups is 1. The van der Waals surface area contributed by atoms with E-state index >= 15 is 0 Å². The van der Waals surface area contributed by atoms with Crippen molar-refractivity contribution >= 4 is 24.9 Å². The second-order valence-corrected chi connectivity index (χ2v) is 15.3. The third-order valence-electron chi connectivity index (χ3n) is 11.2. The molecule has 0 aromatic heterocycles. The lowest BCUT2D eigenvalue weighted by Crippen LogP contribution is -2.65. The molecule has 1 aliphatic heterocycles. The number of unbranched alkanes of at least 4 members (excludes halogenated alkanes) is 1. The molecule has 1 saturated heterocycles. The van der Waals surface area contributed by atoms with Gasteiger partial charge in [0.1, 0.15) is 6.04 Å². The SMILES string of the molecule is CC(C)C[C@H](NC(=O)[C@H](CCCNC(=N)N[N+](=O)[O-])NC(=O)CCCCC1CCCCC1)B1O[C@@H]2C[C@@H]3C[C@@H](C3(C)C)[C@]2(C)O1. The fourth-order valence-corrected chi connectivity index (χ4v) is 8.48. The summed E-state index contributed by atoms with van der Waals surface area (Å²) < 4.78 is 13.3. The maximum Gasteiger partial charge on any atom is 0.481 e. The highest BCUT2D eigenvalue weighted by molar-refractivity contribution is 6.48. The number of nitrogens with one attached hydrogen (secondary N) is 5. The molecule has 13 heteroatoms. The first-order chi connectivity index (χ1) is 21.3. The molecule has 0 unspecified atom stereocenters. The maximum atomic E-state index is 13.8. The first kappa shape index (κ1) is 35.4. The van der Waals surface area contributed by atoms with Gasteiger partial charge in [-0.3, -0.25) is 15.0 Å². The van der Waals surface area contributed by atoms with Gasteiger partial charge in [-0.15, -0.1) is 0 Å². The van der Waals surface area contributed by atoms with Crippen LogP contribution in [0.25, 0.3) is 0 Å². The van der Waals surface area contributed by atoms with E-state index in [2.05, 4.69) is 50.6 Å². The normalized spacial score (nSPS) is 28.4. The molecule has 45 heavy (non-hydrogen) atoms. The summed E-state index contributed by atoms with van der Waals surface area (Å²) in [5.41, 5.74) is 1.59. The summed E-state index contributed by atoms with van der Waals surface area (Å²) in [6, 6.07) is -0.782. The lowest BCUT2D eigenvalue weighted by atomic mass is 9.43. The Hall–Kier alpha value is -2.41. The molecule has 5 N–H and O–H groups in total. The third-order valence-corrected chi connectivity index (χ3v) is 11.2. The van der Waals surface area contributed by atoms with Crippen LogP contribution in [-0.4, -0.2) is 60.2 Å². The summed E-state index contributed by atoms with van der Waals surface area (Å²) in [7, 11) is -0.562. The standard InChI is InChI=1S/C32H57BN6O6/c1-21(2)18-27(33-44-26-20-23-19-25(31(23,3)4)32(26,5)45-33)37-29(41)24(15-11-17-35-30(34)38-39(42)43)36-28(40)16-10-9-14-22-12-7-6-8-13-22/h21-27H,6-20H2,1-5H3,(H,36,40)(H,37,41)(H3,34,35,38)/t23-,24-,25-,26+,27-,32-/m0/s1. The van der Waals surface area contributed by atoms with E-state index < -0.39 is 24.2 Å². The van der Waals surface area contributed by atoms with Crippen LogP contribution in [0.5, 0.6) is 0 Å². The van der Waals surface area contributed by atoms with Crippen LogP contribution >= 0.6 is 0 Å². The summed E-state index contributed by atoms with van der Waals surface area (Å²) in [6.45, 7) is 11.3. The van der Waals surface area contributed by atoms with Crippen LogP contribution < -0.4 is 21.4 Å². The Bertz CT molecular complexity index is 1060. The Kier molecular flexibility index (Phi) is 12.2. The first-order valence-corrected chi connectivity index (χ1v) is 17.5. The summed E-state index contributed by atoms with van der Waals surface area (Å²) in [5.74, 6) is 0.865. The van der Waals surface area contributed by atoms with Crippen molar-refractivity contribution in [3.8, 4) is 0 Å². The highest BCUT2D eigenvalue weighted by Gasteiger charge is 2.68. The molecular formula is C32H57BN6O6. The van der Waals surface area contributed by atoms with Gasteiger partial charge in [-0.05, 0) is 74.5 Å². The number of nitrogens with zero attached hydrogens (tertiary/aromatic N) is 1. The maximum absolute atomic E-state index is 13.8. The molecule has 6 atom stereocenters. The first-order valence-electron chi connectivity index (χ1n) is 17.5. The van der Waals surface area contributed by atoms with Gasteiger partial charge >= 0.3 is 7.12 Å². The molecule has 2 amide bonds. The van der Waals surface area contributed by atoms with Crippen molar-refractivity contribution in [1.82, 2.24) is 21.4 Å². The molecule has 5 rings (SSSR count). The van der Waals surface area contributed by atoms with Crippen molar-refractivity contribution < 1.29 is 23.9 Å². The van der Waals surface area contributed by atoms with Gasteiger partial charge in [-0.25, -0.2) is 10.1 Å². The minimum atomic E-state index is -0.803. The average Bonchev–Trinajstić information content (AvgIpc) is 3.33. The largest absolute Gasteiger partial charge is 0.481 e. The monoisotopic (exact) mass is 632 g/mol. The van der Waals surface area contributed by atoms with E-state index in [1.54, 1.807) is 5.43 Å². The zero-order valence-corrected chi connectivity index (χ0v) is 28.1. The number of amides is 2. The molecule has 2 bridgehead atoms. The van der Waals surface area contributed by atoms with Crippen molar-refractivity contribution in [2.24, 2.45) is 29.1 Å². The minimum Gasteiger partial charge on any atom is -0.404 e. The van der Waals surface area contributed by atoms with Crippen molar-refractivity contribution in [2.45, 2.75) is 148 Å². The molecule has 0 radical (unpaired) electrons. The Morgan fingerprint density at radius 2 is 1.80 bits per heavy atom. The predicted molar refractivity (Wildman–Crippen MR) is 174 cm³/mol. The molecule has 4 saturated carbocycles.